The lowest BCUT2D eigenvalue weighted by atomic mass is 10.1. The Bertz CT molecular complexity index is 483. The summed E-state index contributed by atoms with van der Waals surface area (Å²) >= 11 is 0. The van der Waals surface area contributed by atoms with Gasteiger partial charge in [-0.3, -0.25) is 4.99 Å². The van der Waals surface area contributed by atoms with Gasteiger partial charge in [0.2, 0.25) is 0 Å². The lowest BCUT2D eigenvalue weighted by Gasteiger charge is -2.13. The molecule has 0 spiro atoms. The molecule has 0 amide bonds. The standard InChI is InChI=1S/C15H21NO4/c1-10(2)14(15(17)20-5)16-9-11-6-7-12(18-3)13(8-11)19-4/h6-10,14H,1-5H3/t14-/m0/s1. The van der Waals surface area contributed by atoms with Gasteiger partial charge >= 0.3 is 5.97 Å². The lowest BCUT2D eigenvalue weighted by Crippen LogP contribution is -2.25. The predicted molar refractivity (Wildman–Crippen MR) is 77.8 cm³/mol. The molecule has 0 aliphatic carbocycles. The average Bonchev–Trinajstić information content (AvgIpc) is 2.46. The first-order valence-electron chi connectivity index (χ1n) is 6.36. The van der Waals surface area contributed by atoms with Crippen LogP contribution in [0.25, 0.3) is 0 Å². The van der Waals surface area contributed by atoms with Gasteiger partial charge in [0.25, 0.3) is 0 Å². The first-order valence-corrected chi connectivity index (χ1v) is 6.36. The second-order valence-corrected chi connectivity index (χ2v) is 4.60. The highest BCUT2D eigenvalue weighted by Crippen LogP contribution is 2.27. The van der Waals surface area contributed by atoms with Gasteiger partial charge in [-0.15, -0.1) is 0 Å². The van der Waals surface area contributed by atoms with Crippen LogP contribution in [0, 0.1) is 5.92 Å². The molecule has 5 heteroatoms. The maximum Gasteiger partial charge on any atom is 0.330 e. The zero-order valence-corrected chi connectivity index (χ0v) is 12.5. The Hall–Kier alpha value is -2.04. The van der Waals surface area contributed by atoms with E-state index in [2.05, 4.69) is 4.99 Å². The second-order valence-electron chi connectivity index (χ2n) is 4.60. The first kappa shape index (κ1) is 16.0. The number of benzene rings is 1. The molecular weight excluding hydrogens is 258 g/mol. The zero-order chi connectivity index (χ0) is 15.1. The van der Waals surface area contributed by atoms with Crippen LogP contribution in [0.15, 0.2) is 23.2 Å². The maximum atomic E-state index is 11.6. The third kappa shape index (κ3) is 3.98. The number of ether oxygens (including phenoxy) is 3. The average molecular weight is 279 g/mol. The van der Waals surface area contributed by atoms with Gasteiger partial charge in [0.1, 0.15) is 6.04 Å². The van der Waals surface area contributed by atoms with Crippen LogP contribution in [0.5, 0.6) is 11.5 Å². The van der Waals surface area contributed by atoms with E-state index in [9.17, 15) is 4.79 Å². The van der Waals surface area contributed by atoms with Crippen molar-refractivity contribution in [3.63, 3.8) is 0 Å². The molecule has 110 valence electrons. The number of esters is 1. The summed E-state index contributed by atoms with van der Waals surface area (Å²) in [6, 6.07) is 4.94. The van der Waals surface area contributed by atoms with Crippen LogP contribution in [0.4, 0.5) is 0 Å². The van der Waals surface area contributed by atoms with E-state index in [4.69, 9.17) is 14.2 Å². The van der Waals surface area contributed by atoms with E-state index in [1.165, 1.54) is 7.11 Å². The Morgan fingerprint density at radius 1 is 1.15 bits per heavy atom. The quantitative estimate of drug-likeness (QED) is 0.592. The summed E-state index contributed by atoms with van der Waals surface area (Å²) in [6.45, 7) is 3.85. The molecule has 0 aromatic heterocycles. The van der Waals surface area contributed by atoms with Crippen molar-refractivity contribution in [3.8, 4) is 11.5 Å². The van der Waals surface area contributed by atoms with Gasteiger partial charge in [-0.2, -0.15) is 0 Å². The number of aliphatic imine (C=N–C) groups is 1. The second kappa shape index (κ2) is 7.53. The molecule has 0 radical (unpaired) electrons. The predicted octanol–water partition coefficient (Wildman–Crippen LogP) is 2.32. The minimum absolute atomic E-state index is 0.0684. The molecule has 5 nitrogen and oxygen atoms in total. The molecule has 1 aromatic rings. The molecule has 0 saturated carbocycles. The summed E-state index contributed by atoms with van der Waals surface area (Å²) in [5, 5.41) is 0. The van der Waals surface area contributed by atoms with Crippen molar-refractivity contribution in [3.05, 3.63) is 23.8 Å². The summed E-state index contributed by atoms with van der Waals surface area (Å²) in [6.07, 6.45) is 1.64. The van der Waals surface area contributed by atoms with Gasteiger partial charge in [0.05, 0.1) is 21.3 Å². The maximum absolute atomic E-state index is 11.6. The van der Waals surface area contributed by atoms with Gasteiger partial charge in [0, 0.05) is 6.21 Å². The summed E-state index contributed by atoms with van der Waals surface area (Å²) in [4.78, 5) is 15.9. The van der Waals surface area contributed by atoms with Crippen LogP contribution in [0.2, 0.25) is 0 Å². The Labute approximate surface area is 119 Å². The van der Waals surface area contributed by atoms with E-state index in [0.717, 1.165) is 5.56 Å². The Kier molecular flexibility index (Phi) is 6.03. The molecule has 0 saturated heterocycles. The molecule has 20 heavy (non-hydrogen) atoms. The monoisotopic (exact) mass is 279 g/mol. The van der Waals surface area contributed by atoms with Crippen LogP contribution < -0.4 is 9.47 Å². The van der Waals surface area contributed by atoms with Crippen LogP contribution >= 0.6 is 0 Å². The number of carbonyl (C=O) groups is 1. The normalized spacial score (nSPS) is 12.5. The third-order valence-electron chi connectivity index (χ3n) is 2.87. The van der Waals surface area contributed by atoms with Crippen molar-refractivity contribution in [1.29, 1.82) is 0 Å². The van der Waals surface area contributed by atoms with E-state index < -0.39 is 6.04 Å². The Balaban J connectivity index is 2.96. The fraction of sp³-hybridized carbons (Fsp3) is 0.467. The number of rotatable bonds is 6. The highest BCUT2D eigenvalue weighted by molar-refractivity contribution is 5.84. The molecular formula is C15H21NO4. The molecule has 0 heterocycles. The summed E-state index contributed by atoms with van der Waals surface area (Å²) in [7, 11) is 4.52. The van der Waals surface area contributed by atoms with Crippen LogP contribution in [0.3, 0.4) is 0 Å². The summed E-state index contributed by atoms with van der Waals surface area (Å²) in [5.41, 5.74) is 0.831. The molecule has 0 bridgehead atoms. The van der Waals surface area contributed by atoms with E-state index >= 15 is 0 Å². The molecule has 0 aliphatic heterocycles. The number of hydrogen-bond acceptors (Lipinski definition) is 5. The summed E-state index contributed by atoms with van der Waals surface area (Å²) in [5.74, 6) is 1.00. The zero-order valence-electron chi connectivity index (χ0n) is 12.5. The van der Waals surface area contributed by atoms with Crippen molar-refractivity contribution in [2.75, 3.05) is 21.3 Å². The summed E-state index contributed by atoms with van der Waals surface area (Å²) < 4.78 is 15.1. The third-order valence-corrected chi connectivity index (χ3v) is 2.87. The molecule has 0 aliphatic rings. The molecule has 1 aromatic carbocycles. The van der Waals surface area contributed by atoms with Crippen LogP contribution in [0.1, 0.15) is 19.4 Å². The molecule has 0 unspecified atom stereocenters. The van der Waals surface area contributed by atoms with Crippen LogP contribution in [-0.4, -0.2) is 39.6 Å². The topological polar surface area (TPSA) is 57.1 Å². The van der Waals surface area contributed by atoms with Crippen molar-refractivity contribution in [2.24, 2.45) is 10.9 Å². The minimum Gasteiger partial charge on any atom is -0.493 e. The van der Waals surface area contributed by atoms with E-state index in [1.54, 1.807) is 32.6 Å². The fourth-order valence-corrected chi connectivity index (χ4v) is 1.73. The van der Waals surface area contributed by atoms with Gasteiger partial charge in [0.15, 0.2) is 11.5 Å². The molecule has 1 atom stereocenters. The first-order chi connectivity index (χ1) is 9.53. The van der Waals surface area contributed by atoms with Gasteiger partial charge in [-0.25, -0.2) is 4.79 Å². The highest BCUT2D eigenvalue weighted by atomic mass is 16.5. The van der Waals surface area contributed by atoms with Gasteiger partial charge in [-0.05, 0) is 29.7 Å². The highest BCUT2D eigenvalue weighted by Gasteiger charge is 2.21. The SMILES string of the molecule is COC(=O)[C@@H](N=Cc1ccc(OC)c(OC)c1)C(C)C. The van der Waals surface area contributed by atoms with Crippen LogP contribution in [-0.2, 0) is 9.53 Å². The molecule has 0 fully saturated rings. The smallest absolute Gasteiger partial charge is 0.330 e. The van der Waals surface area contributed by atoms with E-state index in [0.29, 0.717) is 11.5 Å². The number of carbonyl (C=O) groups excluding carboxylic acids is 1. The largest absolute Gasteiger partial charge is 0.493 e. The Morgan fingerprint density at radius 3 is 2.30 bits per heavy atom. The van der Waals surface area contributed by atoms with Crippen molar-refractivity contribution in [2.45, 2.75) is 19.9 Å². The number of hydrogen-bond donors (Lipinski definition) is 0. The Morgan fingerprint density at radius 2 is 1.80 bits per heavy atom. The fourth-order valence-electron chi connectivity index (χ4n) is 1.73. The minimum atomic E-state index is -0.506. The van der Waals surface area contributed by atoms with Crippen molar-refractivity contribution in [1.82, 2.24) is 0 Å². The van der Waals surface area contributed by atoms with E-state index in [1.807, 2.05) is 19.9 Å². The van der Waals surface area contributed by atoms with E-state index in [-0.39, 0.29) is 11.9 Å². The molecule has 0 N–H and O–H groups in total. The van der Waals surface area contributed by atoms with Gasteiger partial charge in [-0.1, -0.05) is 13.8 Å². The lowest BCUT2D eigenvalue weighted by molar-refractivity contribution is -0.143. The molecule has 1 rings (SSSR count). The van der Waals surface area contributed by atoms with Crippen molar-refractivity contribution >= 4 is 12.2 Å². The van der Waals surface area contributed by atoms with Crippen molar-refractivity contribution < 1.29 is 19.0 Å². The van der Waals surface area contributed by atoms with Gasteiger partial charge < -0.3 is 14.2 Å². The number of methoxy groups -OCH3 is 3. The number of nitrogens with zero attached hydrogens (tertiary/aromatic N) is 1.